The number of hydrogen-bond acceptors (Lipinski definition) is 2. The largest absolute Gasteiger partial charge is 0.375 e. The zero-order chi connectivity index (χ0) is 17.2. The van der Waals surface area contributed by atoms with Crippen molar-refractivity contribution in [3.05, 3.63) is 12.2 Å². The molecule has 0 aliphatic heterocycles. The minimum absolute atomic E-state index is 0.0452. The van der Waals surface area contributed by atoms with Gasteiger partial charge >= 0.3 is 0 Å². The molecule has 136 valence electrons. The highest BCUT2D eigenvalue weighted by Gasteiger charge is 2.05. The molecule has 0 bridgehead atoms. The molecule has 0 spiro atoms. The fourth-order valence-corrected chi connectivity index (χ4v) is 2.80. The Morgan fingerprint density at radius 1 is 0.957 bits per heavy atom. The lowest BCUT2D eigenvalue weighted by Gasteiger charge is -2.13. The second-order valence-electron chi connectivity index (χ2n) is 6.48. The lowest BCUT2D eigenvalue weighted by Crippen LogP contribution is -2.27. The average molecular weight is 326 g/mol. The third-order valence-corrected chi connectivity index (χ3v) is 4.21. The van der Waals surface area contributed by atoms with E-state index in [1.54, 1.807) is 7.11 Å². The van der Waals surface area contributed by atoms with Gasteiger partial charge in [0.2, 0.25) is 5.91 Å². The standard InChI is InChI=1S/C20H39NO2/c1-4-6-8-10-12-15-19(14-11-9-7-5-2)16-13-17-21-20(22)18-23-3/h13,16,19H,4-12,14-15,17-18H2,1-3H3,(H,21,22)/b16-13+. The van der Waals surface area contributed by atoms with Gasteiger partial charge in [0, 0.05) is 13.7 Å². The second kappa shape index (κ2) is 17.5. The van der Waals surface area contributed by atoms with Crippen LogP contribution in [0.4, 0.5) is 0 Å². The van der Waals surface area contributed by atoms with Gasteiger partial charge in [-0.3, -0.25) is 4.79 Å². The highest BCUT2D eigenvalue weighted by atomic mass is 16.5. The molecule has 3 heteroatoms. The maximum Gasteiger partial charge on any atom is 0.246 e. The summed E-state index contributed by atoms with van der Waals surface area (Å²) in [5.41, 5.74) is 0. The van der Waals surface area contributed by atoms with Crippen LogP contribution in [0.5, 0.6) is 0 Å². The molecule has 0 aromatic heterocycles. The van der Waals surface area contributed by atoms with Gasteiger partial charge in [-0.15, -0.1) is 0 Å². The van der Waals surface area contributed by atoms with Crippen molar-refractivity contribution < 1.29 is 9.53 Å². The van der Waals surface area contributed by atoms with E-state index in [0.717, 1.165) is 0 Å². The summed E-state index contributed by atoms with van der Waals surface area (Å²) in [4.78, 5) is 11.3. The summed E-state index contributed by atoms with van der Waals surface area (Å²) >= 11 is 0. The molecule has 1 unspecified atom stereocenters. The van der Waals surface area contributed by atoms with Crippen molar-refractivity contribution in [2.45, 2.75) is 84.5 Å². The Kier molecular flexibility index (Phi) is 16.9. The predicted molar refractivity (Wildman–Crippen MR) is 99.7 cm³/mol. The van der Waals surface area contributed by atoms with Crippen molar-refractivity contribution >= 4 is 5.91 Å². The Labute approximate surface area is 144 Å². The van der Waals surface area contributed by atoms with Crippen molar-refractivity contribution in [1.29, 1.82) is 0 Å². The smallest absolute Gasteiger partial charge is 0.246 e. The van der Waals surface area contributed by atoms with Gasteiger partial charge in [0.25, 0.3) is 0 Å². The van der Waals surface area contributed by atoms with E-state index in [4.69, 9.17) is 4.74 Å². The van der Waals surface area contributed by atoms with E-state index in [9.17, 15) is 4.79 Å². The van der Waals surface area contributed by atoms with Crippen LogP contribution in [-0.4, -0.2) is 26.2 Å². The van der Waals surface area contributed by atoms with Crippen LogP contribution in [0, 0.1) is 5.92 Å². The molecule has 23 heavy (non-hydrogen) atoms. The van der Waals surface area contributed by atoms with Crippen LogP contribution < -0.4 is 5.32 Å². The van der Waals surface area contributed by atoms with E-state index in [-0.39, 0.29) is 12.5 Å². The molecule has 0 aliphatic carbocycles. The molecule has 0 heterocycles. The SMILES string of the molecule is CCCCCCCC(/C=C/CNC(=O)COC)CCCCCC. The number of amides is 1. The van der Waals surface area contributed by atoms with Gasteiger partial charge in [-0.1, -0.05) is 83.8 Å². The molecular formula is C20H39NO2. The van der Waals surface area contributed by atoms with Crippen LogP contribution >= 0.6 is 0 Å². The van der Waals surface area contributed by atoms with Crippen molar-refractivity contribution in [3.8, 4) is 0 Å². The molecule has 0 aromatic rings. The molecule has 0 aliphatic rings. The number of nitrogens with one attached hydrogen (secondary N) is 1. The topological polar surface area (TPSA) is 38.3 Å². The molecule has 0 radical (unpaired) electrons. The first-order valence-corrected chi connectivity index (χ1v) is 9.66. The van der Waals surface area contributed by atoms with Gasteiger partial charge in [0.05, 0.1) is 0 Å². The van der Waals surface area contributed by atoms with Gasteiger partial charge in [-0.2, -0.15) is 0 Å². The van der Waals surface area contributed by atoms with Gasteiger partial charge in [-0.25, -0.2) is 0 Å². The van der Waals surface area contributed by atoms with Gasteiger partial charge in [0.15, 0.2) is 0 Å². The summed E-state index contributed by atoms with van der Waals surface area (Å²) < 4.78 is 4.81. The van der Waals surface area contributed by atoms with Crippen LogP contribution in [0.1, 0.15) is 84.5 Å². The third kappa shape index (κ3) is 15.8. The fourth-order valence-electron chi connectivity index (χ4n) is 2.80. The average Bonchev–Trinajstić information content (AvgIpc) is 2.54. The summed E-state index contributed by atoms with van der Waals surface area (Å²) in [5.74, 6) is 0.629. The van der Waals surface area contributed by atoms with E-state index in [0.29, 0.717) is 12.5 Å². The van der Waals surface area contributed by atoms with E-state index in [1.807, 2.05) is 0 Å². The van der Waals surface area contributed by atoms with E-state index < -0.39 is 0 Å². The molecule has 0 saturated heterocycles. The van der Waals surface area contributed by atoms with Crippen molar-refractivity contribution in [2.24, 2.45) is 5.92 Å². The Hall–Kier alpha value is -0.830. The van der Waals surface area contributed by atoms with Crippen molar-refractivity contribution in [1.82, 2.24) is 5.32 Å². The summed E-state index contributed by atoms with van der Waals surface area (Å²) in [6, 6.07) is 0. The number of rotatable bonds is 16. The molecule has 0 aromatic carbocycles. The van der Waals surface area contributed by atoms with Crippen LogP contribution in [0.2, 0.25) is 0 Å². The third-order valence-electron chi connectivity index (χ3n) is 4.21. The molecule has 3 nitrogen and oxygen atoms in total. The summed E-state index contributed by atoms with van der Waals surface area (Å²) in [7, 11) is 1.54. The zero-order valence-electron chi connectivity index (χ0n) is 15.7. The summed E-state index contributed by atoms with van der Waals surface area (Å²) in [5, 5.41) is 2.85. The molecule has 1 N–H and O–H groups in total. The normalized spacial score (nSPS) is 12.7. The summed E-state index contributed by atoms with van der Waals surface area (Å²) in [6.07, 6.45) is 19.1. The summed E-state index contributed by atoms with van der Waals surface area (Å²) in [6.45, 7) is 5.28. The van der Waals surface area contributed by atoms with E-state index >= 15 is 0 Å². The lowest BCUT2D eigenvalue weighted by atomic mass is 9.94. The number of hydrogen-bond donors (Lipinski definition) is 1. The Morgan fingerprint density at radius 2 is 1.52 bits per heavy atom. The van der Waals surface area contributed by atoms with Crippen molar-refractivity contribution in [2.75, 3.05) is 20.3 Å². The van der Waals surface area contributed by atoms with Crippen LogP contribution in [-0.2, 0) is 9.53 Å². The highest BCUT2D eigenvalue weighted by molar-refractivity contribution is 5.77. The Bertz CT molecular complexity index is 289. The number of unbranched alkanes of at least 4 members (excludes halogenated alkanes) is 7. The number of carbonyl (C=O) groups is 1. The molecular weight excluding hydrogens is 286 g/mol. The number of carbonyl (C=O) groups excluding carboxylic acids is 1. The Morgan fingerprint density at radius 3 is 2.09 bits per heavy atom. The molecule has 0 saturated carbocycles. The van der Waals surface area contributed by atoms with E-state index in [1.165, 1.54) is 70.6 Å². The quantitative estimate of drug-likeness (QED) is 0.311. The number of methoxy groups -OCH3 is 1. The minimum Gasteiger partial charge on any atom is -0.375 e. The zero-order valence-corrected chi connectivity index (χ0v) is 15.7. The van der Waals surface area contributed by atoms with Crippen molar-refractivity contribution in [3.63, 3.8) is 0 Å². The number of allylic oxidation sites excluding steroid dienone is 1. The molecule has 1 amide bonds. The minimum atomic E-state index is -0.0452. The van der Waals surface area contributed by atoms with E-state index in [2.05, 4.69) is 31.3 Å². The monoisotopic (exact) mass is 325 g/mol. The maximum atomic E-state index is 11.3. The van der Waals surface area contributed by atoms with Crippen LogP contribution in [0.15, 0.2) is 12.2 Å². The number of ether oxygens (including phenoxy) is 1. The first-order chi connectivity index (χ1) is 11.2. The van der Waals surface area contributed by atoms with Gasteiger partial charge in [-0.05, 0) is 18.8 Å². The maximum absolute atomic E-state index is 11.3. The fraction of sp³-hybridized carbons (Fsp3) is 0.850. The van der Waals surface area contributed by atoms with Crippen LogP contribution in [0.3, 0.4) is 0 Å². The second-order valence-corrected chi connectivity index (χ2v) is 6.48. The molecule has 1 atom stereocenters. The first-order valence-electron chi connectivity index (χ1n) is 9.66. The predicted octanol–water partition coefficient (Wildman–Crippen LogP) is 5.25. The first kappa shape index (κ1) is 22.2. The molecule has 0 rings (SSSR count). The molecule has 0 fully saturated rings. The Balaban J connectivity index is 4.00. The van der Waals surface area contributed by atoms with Crippen LogP contribution in [0.25, 0.3) is 0 Å². The lowest BCUT2D eigenvalue weighted by molar-refractivity contribution is -0.124. The van der Waals surface area contributed by atoms with Gasteiger partial charge < -0.3 is 10.1 Å². The van der Waals surface area contributed by atoms with Gasteiger partial charge in [0.1, 0.15) is 6.61 Å². The highest BCUT2D eigenvalue weighted by Crippen LogP contribution is 2.19.